The van der Waals surface area contributed by atoms with Crippen LogP contribution in [0.25, 0.3) is 0 Å². The zero-order valence-electron chi connectivity index (χ0n) is 15.1. The minimum atomic E-state index is -0.923. The molecule has 8 heteroatoms. The Morgan fingerprint density at radius 2 is 2.15 bits per heavy atom. The summed E-state index contributed by atoms with van der Waals surface area (Å²) >= 11 is 0. The SMILES string of the molecule is C[C@](C#N)(NC(=O)COC(=O)CCN1C(=O)COc2ccccc21)C1CC1. The lowest BCUT2D eigenvalue weighted by atomic mass is 9.98. The molecular weight excluding hydrogens is 350 g/mol. The van der Waals surface area contributed by atoms with Crippen molar-refractivity contribution in [3.05, 3.63) is 24.3 Å². The Balaban J connectivity index is 1.47. The van der Waals surface area contributed by atoms with Crippen molar-refractivity contribution in [1.82, 2.24) is 5.32 Å². The number of carbonyl (C=O) groups excluding carboxylic acids is 3. The Hall–Kier alpha value is -3.08. The molecule has 3 rings (SSSR count). The van der Waals surface area contributed by atoms with Crippen LogP contribution in [-0.4, -0.2) is 43.1 Å². The van der Waals surface area contributed by atoms with E-state index in [1.807, 2.05) is 0 Å². The van der Waals surface area contributed by atoms with Crippen LogP contribution in [0.4, 0.5) is 5.69 Å². The number of hydrogen-bond donors (Lipinski definition) is 1. The number of hydrogen-bond acceptors (Lipinski definition) is 6. The Kier molecular flexibility index (Phi) is 5.31. The van der Waals surface area contributed by atoms with E-state index in [9.17, 15) is 19.6 Å². The molecule has 1 aliphatic heterocycles. The molecule has 1 N–H and O–H groups in total. The molecule has 1 atom stereocenters. The molecule has 8 nitrogen and oxygen atoms in total. The highest BCUT2D eigenvalue weighted by atomic mass is 16.5. The summed E-state index contributed by atoms with van der Waals surface area (Å²) in [4.78, 5) is 37.4. The first-order chi connectivity index (χ1) is 12.9. The van der Waals surface area contributed by atoms with E-state index in [1.165, 1.54) is 4.90 Å². The molecule has 1 saturated carbocycles. The fourth-order valence-electron chi connectivity index (χ4n) is 3.03. The van der Waals surface area contributed by atoms with Crippen LogP contribution in [0.3, 0.4) is 0 Å². The van der Waals surface area contributed by atoms with Crippen molar-refractivity contribution in [1.29, 1.82) is 5.26 Å². The second-order valence-electron chi connectivity index (χ2n) is 6.85. The van der Waals surface area contributed by atoms with E-state index in [2.05, 4.69) is 11.4 Å². The van der Waals surface area contributed by atoms with Gasteiger partial charge in [-0.3, -0.25) is 14.4 Å². The quantitative estimate of drug-likeness (QED) is 0.720. The van der Waals surface area contributed by atoms with Gasteiger partial charge in [-0.05, 0) is 37.8 Å². The third-order valence-electron chi connectivity index (χ3n) is 4.74. The molecule has 1 fully saturated rings. The third kappa shape index (κ3) is 4.37. The number of para-hydroxylation sites is 2. The molecule has 0 unspecified atom stereocenters. The molecule has 0 bridgehead atoms. The third-order valence-corrected chi connectivity index (χ3v) is 4.74. The number of ether oxygens (including phenoxy) is 2. The first-order valence-corrected chi connectivity index (χ1v) is 8.83. The second-order valence-corrected chi connectivity index (χ2v) is 6.85. The van der Waals surface area contributed by atoms with Gasteiger partial charge in [-0.15, -0.1) is 0 Å². The first-order valence-electron chi connectivity index (χ1n) is 8.83. The molecule has 1 aromatic rings. The van der Waals surface area contributed by atoms with Crippen LogP contribution in [0.5, 0.6) is 5.75 Å². The van der Waals surface area contributed by atoms with Crippen LogP contribution in [0.15, 0.2) is 24.3 Å². The van der Waals surface area contributed by atoms with E-state index < -0.39 is 24.0 Å². The van der Waals surface area contributed by atoms with Crippen molar-refractivity contribution in [2.24, 2.45) is 5.92 Å². The van der Waals surface area contributed by atoms with Crippen LogP contribution in [-0.2, 0) is 19.1 Å². The van der Waals surface area contributed by atoms with Gasteiger partial charge in [-0.2, -0.15) is 5.26 Å². The predicted molar refractivity (Wildman–Crippen MR) is 94.8 cm³/mol. The van der Waals surface area contributed by atoms with Crippen molar-refractivity contribution < 1.29 is 23.9 Å². The average molecular weight is 371 g/mol. The van der Waals surface area contributed by atoms with Gasteiger partial charge in [-0.25, -0.2) is 0 Å². The molecule has 0 spiro atoms. The lowest BCUT2D eigenvalue weighted by Gasteiger charge is -2.29. The highest BCUT2D eigenvalue weighted by molar-refractivity contribution is 5.98. The van der Waals surface area contributed by atoms with Crippen LogP contribution < -0.4 is 15.0 Å². The summed E-state index contributed by atoms with van der Waals surface area (Å²) in [5.41, 5.74) is -0.318. The zero-order valence-corrected chi connectivity index (χ0v) is 15.1. The van der Waals surface area contributed by atoms with Crippen molar-refractivity contribution in [2.45, 2.75) is 31.7 Å². The molecule has 0 aromatic heterocycles. The molecular formula is C19H21N3O5. The van der Waals surface area contributed by atoms with Gasteiger partial charge in [0.2, 0.25) is 0 Å². The summed E-state index contributed by atoms with van der Waals surface area (Å²) < 4.78 is 10.3. The highest BCUT2D eigenvalue weighted by Gasteiger charge is 2.43. The average Bonchev–Trinajstić information content (AvgIpc) is 3.51. The Labute approximate surface area is 157 Å². The topological polar surface area (TPSA) is 109 Å². The van der Waals surface area contributed by atoms with Crippen molar-refractivity contribution >= 4 is 23.5 Å². The lowest BCUT2D eigenvalue weighted by molar-refractivity contribution is -0.148. The number of anilines is 1. The minimum Gasteiger partial charge on any atom is -0.482 e. The van der Waals surface area contributed by atoms with Gasteiger partial charge in [0, 0.05) is 6.54 Å². The normalized spacial score (nSPS) is 17.8. The maximum absolute atomic E-state index is 12.0. The van der Waals surface area contributed by atoms with E-state index in [0.29, 0.717) is 11.4 Å². The van der Waals surface area contributed by atoms with E-state index in [4.69, 9.17) is 9.47 Å². The number of nitrogens with zero attached hydrogens (tertiary/aromatic N) is 2. The van der Waals surface area contributed by atoms with Crippen LogP contribution in [0.2, 0.25) is 0 Å². The fraction of sp³-hybridized carbons (Fsp3) is 0.474. The van der Waals surface area contributed by atoms with E-state index in [0.717, 1.165) is 12.8 Å². The minimum absolute atomic E-state index is 0.0501. The summed E-state index contributed by atoms with van der Waals surface area (Å²) in [6, 6.07) is 9.19. The lowest BCUT2D eigenvalue weighted by Crippen LogP contribution is -2.48. The van der Waals surface area contributed by atoms with Gasteiger partial charge >= 0.3 is 5.97 Å². The van der Waals surface area contributed by atoms with Crippen molar-refractivity contribution in [3.63, 3.8) is 0 Å². The van der Waals surface area contributed by atoms with Crippen LogP contribution in [0, 0.1) is 17.2 Å². The predicted octanol–water partition coefficient (Wildman–Crippen LogP) is 1.15. The fourth-order valence-corrected chi connectivity index (χ4v) is 3.03. The number of amides is 2. The molecule has 1 aliphatic carbocycles. The van der Waals surface area contributed by atoms with E-state index in [1.54, 1.807) is 31.2 Å². The van der Waals surface area contributed by atoms with E-state index in [-0.39, 0.29) is 31.4 Å². The molecule has 2 aliphatic rings. The van der Waals surface area contributed by atoms with Crippen molar-refractivity contribution in [2.75, 3.05) is 24.7 Å². The summed E-state index contributed by atoms with van der Waals surface area (Å²) in [6.07, 6.45) is 1.75. The summed E-state index contributed by atoms with van der Waals surface area (Å²) in [7, 11) is 0. The standard InChI is InChI=1S/C19H21N3O5/c1-19(12-20,13-6-7-13)21-16(23)10-27-18(25)8-9-22-14-4-2-3-5-15(14)26-11-17(22)24/h2-5,13H,6-11H2,1H3,(H,21,23)/t19-/m1/s1. The number of nitriles is 1. The zero-order chi connectivity index (χ0) is 19.4. The maximum atomic E-state index is 12.0. The largest absolute Gasteiger partial charge is 0.482 e. The molecule has 0 saturated heterocycles. The molecule has 27 heavy (non-hydrogen) atoms. The number of nitrogens with one attached hydrogen (secondary N) is 1. The van der Waals surface area contributed by atoms with Crippen LogP contribution in [0.1, 0.15) is 26.2 Å². The van der Waals surface area contributed by atoms with Gasteiger partial charge in [-0.1, -0.05) is 12.1 Å². The summed E-state index contributed by atoms with van der Waals surface area (Å²) in [6.45, 7) is 1.28. The Morgan fingerprint density at radius 3 is 2.85 bits per heavy atom. The Morgan fingerprint density at radius 1 is 1.41 bits per heavy atom. The molecule has 1 heterocycles. The summed E-state index contributed by atoms with van der Waals surface area (Å²) in [5.74, 6) is -0.608. The number of carbonyl (C=O) groups is 3. The Bertz CT molecular complexity index is 799. The smallest absolute Gasteiger partial charge is 0.308 e. The first kappa shape index (κ1) is 18.7. The van der Waals surface area contributed by atoms with Gasteiger partial charge in [0.1, 0.15) is 11.3 Å². The molecule has 142 valence electrons. The maximum Gasteiger partial charge on any atom is 0.308 e. The van der Waals surface area contributed by atoms with Gasteiger partial charge < -0.3 is 19.7 Å². The summed E-state index contributed by atoms with van der Waals surface area (Å²) in [5, 5.41) is 11.9. The molecule has 2 amide bonds. The molecule has 0 radical (unpaired) electrons. The molecule has 1 aromatic carbocycles. The number of fused-ring (bicyclic) bond motifs is 1. The monoisotopic (exact) mass is 371 g/mol. The van der Waals surface area contributed by atoms with Gasteiger partial charge in [0.05, 0.1) is 18.2 Å². The number of rotatable bonds is 7. The van der Waals surface area contributed by atoms with Crippen LogP contribution >= 0.6 is 0 Å². The van der Waals surface area contributed by atoms with Gasteiger partial charge in [0.15, 0.2) is 13.2 Å². The second kappa shape index (κ2) is 7.66. The van der Waals surface area contributed by atoms with Crippen molar-refractivity contribution in [3.8, 4) is 11.8 Å². The van der Waals surface area contributed by atoms with E-state index >= 15 is 0 Å². The van der Waals surface area contributed by atoms with Gasteiger partial charge in [0.25, 0.3) is 11.8 Å². The highest BCUT2D eigenvalue weighted by Crippen LogP contribution is 2.39. The number of esters is 1. The number of benzene rings is 1.